The van der Waals surface area contributed by atoms with Crippen LogP contribution >= 0.6 is 34.5 Å². The van der Waals surface area contributed by atoms with Crippen molar-refractivity contribution in [3.63, 3.8) is 0 Å². The Morgan fingerprint density at radius 2 is 2.24 bits per heavy atom. The molecule has 1 aliphatic rings. The van der Waals surface area contributed by atoms with E-state index in [4.69, 9.17) is 23.2 Å². The van der Waals surface area contributed by atoms with E-state index in [2.05, 4.69) is 10.3 Å². The molecule has 21 heavy (non-hydrogen) atoms. The highest BCUT2D eigenvalue weighted by molar-refractivity contribution is 7.15. The summed E-state index contributed by atoms with van der Waals surface area (Å²) >= 11 is 13.5. The minimum atomic E-state index is -0.811. The van der Waals surface area contributed by atoms with Gasteiger partial charge in [0.2, 0.25) is 0 Å². The molecule has 1 unspecified atom stereocenters. The first-order valence-electron chi connectivity index (χ1n) is 6.49. The molecule has 3 rings (SSSR count). The Labute approximate surface area is 135 Å². The number of hydrogen-bond acceptors (Lipinski definition) is 4. The second-order valence-corrected chi connectivity index (χ2v) is 6.79. The Bertz CT molecular complexity index is 702. The molecular formula is C14H12Cl2N2O2S. The van der Waals surface area contributed by atoms with Crippen molar-refractivity contribution in [1.82, 2.24) is 4.98 Å². The Kier molecular flexibility index (Phi) is 4.06. The fourth-order valence-electron chi connectivity index (χ4n) is 2.42. The second kappa shape index (κ2) is 5.83. The molecule has 1 aromatic carbocycles. The Hall–Kier alpha value is -1.30. The first kappa shape index (κ1) is 14.6. The van der Waals surface area contributed by atoms with Gasteiger partial charge in [0.05, 0.1) is 16.4 Å². The molecule has 2 aromatic rings. The van der Waals surface area contributed by atoms with Crippen LogP contribution in [0.4, 0.5) is 10.8 Å². The molecule has 110 valence electrons. The van der Waals surface area contributed by atoms with Crippen molar-refractivity contribution in [1.29, 1.82) is 0 Å². The van der Waals surface area contributed by atoms with Gasteiger partial charge < -0.3 is 10.4 Å². The smallest absolute Gasteiger partial charge is 0.312 e. The number of fused-ring (bicyclic) bond motifs is 1. The van der Waals surface area contributed by atoms with Crippen molar-refractivity contribution in [3.8, 4) is 0 Å². The summed E-state index contributed by atoms with van der Waals surface area (Å²) in [5.41, 5.74) is 1.35. The molecule has 0 radical (unpaired) electrons. The molecule has 0 saturated heterocycles. The maximum absolute atomic E-state index is 11.3. The average molecular weight is 343 g/mol. The maximum Gasteiger partial charge on any atom is 0.312 e. The molecule has 1 aliphatic carbocycles. The third-order valence-electron chi connectivity index (χ3n) is 3.42. The van der Waals surface area contributed by atoms with E-state index in [9.17, 15) is 9.90 Å². The molecule has 1 heterocycles. The van der Waals surface area contributed by atoms with Gasteiger partial charge in [-0.05, 0) is 37.5 Å². The molecule has 7 heteroatoms. The highest BCUT2D eigenvalue weighted by atomic mass is 35.5. The van der Waals surface area contributed by atoms with Crippen molar-refractivity contribution in [2.24, 2.45) is 0 Å². The lowest BCUT2D eigenvalue weighted by Gasteiger charge is -2.16. The van der Waals surface area contributed by atoms with Gasteiger partial charge in [0.15, 0.2) is 5.13 Å². The quantitative estimate of drug-likeness (QED) is 0.848. The lowest BCUT2D eigenvalue weighted by molar-refractivity contribution is -0.139. The predicted molar refractivity (Wildman–Crippen MR) is 85.2 cm³/mol. The third kappa shape index (κ3) is 3.00. The predicted octanol–water partition coefficient (Wildman–Crippen LogP) is 4.70. The number of benzene rings is 1. The zero-order chi connectivity index (χ0) is 15.0. The normalized spacial score (nSPS) is 17.3. The van der Waals surface area contributed by atoms with Crippen LogP contribution in [0.25, 0.3) is 0 Å². The Balaban J connectivity index is 1.91. The number of thiazole rings is 1. The molecule has 0 aliphatic heterocycles. The second-order valence-electron chi connectivity index (χ2n) is 4.86. The number of carboxylic acid groups (broad SMARTS) is 1. The Morgan fingerprint density at radius 1 is 1.43 bits per heavy atom. The van der Waals surface area contributed by atoms with Crippen LogP contribution in [0.2, 0.25) is 10.0 Å². The highest BCUT2D eigenvalue weighted by Crippen LogP contribution is 2.38. The minimum Gasteiger partial charge on any atom is -0.481 e. The van der Waals surface area contributed by atoms with Crippen LogP contribution in [0.1, 0.15) is 29.3 Å². The molecule has 1 atom stereocenters. The number of aryl methyl sites for hydroxylation is 1. The zero-order valence-electron chi connectivity index (χ0n) is 10.9. The van der Waals surface area contributed by atoms with E-state index < -0.39 is 11.9 Å². The number of halogens is 2. The lowest BCUT2D eigenvalue weighted by Crippen LogP contribution is -2.17. The van der Waals surface area contributed by atoms with Gasteiger partial charge in [-0.25, -0.2) is 4.98 Å². The number of hydrogen-bond donors (Lipinski definition) is 2. The van der Waals surface area contributed by atoms with Gasteiger partial charge in [0.1, 0.15) is 5.92 Å². The molecule has 0 spiro atoms. The van der Waals surface area contributed by atoms with E-state index >= 15 is 0 Å². The molecular weight excluding hydrogens is 331 g/mol. The van der Waals surface area contributed by atoms with Crippen LogP contribution in [0.15, 0.2) is 18.2 Å². The molecule has 0 fully saturated rings. The molecule has 4 nitrogen and oxygen atoms in total. The van der Waals surface area contributed by atoms with Crippen LogP contribution in [0.3, 0.4) is 0 Å². The maximum atomic E-state index is 11.3. The number of nitrogens with zero attached hydrogens (tertiary/aromatic N) is 1. The van der Waals surface area contributed by atoms with Gasteiger partial charge in [-0.1, -0.05) is 23.2 Å². The topological polar surface area (TPSA) is 62.2 Å². The van der Waals surface area contributed by atoms with E-state index in [-0.39, 0.29) is 0 Å². The SMILES string of the molecule is O=C(O)C1CCCc2sc(Nc3cc(Cl)ccc3Cl)nc21. The van der Waals surface area contributed by atoms with E-state index in [1.165, 1.54) is 11.3 Å². The first-order chi connectivity index (χ1) is 10.0. The van der Waals surface area contributed by atoms with Gasteiger partial charge in [0, 0.05) is 9.90 Å². The number of aromatic nitrogens is 1. The molecule has 2 N–H and O–H groups in total. The number of carboxylic acids is 1. The fourth-order valence-corrected chi connectivity index (χ4v) is 3.83. The summed E-state index contributed by atoms with van der Waals surface area (Å²) in [6, 6.07) is 5.14. The highest BCUT2D eigenvalue weighted by Gasteiger charge is 2.30. The summed E-state index contributed by atoms with van der Waals surface area (Å²) in [5, 5.41) is 14.2. The van der Waals surface area contributed by atoms with Gasteiger partial charge >= 0.3 is 5.97 Å². The van der Waals surface area contributed by atoms with Gasteiger partial charge in [-0.2, -0.15) is 0 Å². The van der Waals surface area contributed by atoms with Crippen molar-refractivity contribution in [3.05, 3.63) is 38.8 Å². The fraction of sp³-hybridized carbons (Fsp3) is 0.286. The number of aliphatic carboxylic acids is 1. The van der Waals surface area contributed by atoms with Crippen LogP contribution in [-0.2, 0) is 11.2 Å². The van der Waals surface area contributed by atoms with E-state index in [0.29, 0.717) is 33.0 Å². The largest absolute Gasteiger partial charge is 0.481 e. The van der Waals surface area contributed by atoms with Gasteiger partial charge in [0.25, 0.3) is 0 Å². The Morgan fingerprint density at radius 3 is 3.00 bits per heavy atom. The van der Waals surface area contributed by atoms with E-state index in [0.717, 1.165) is 17.7 Å². The monoisotopic (exact) mass is 342 g/mol. The summed E-state index contributed by atoms with van der Waals surface area (Å²) in [4.78, 5) is 16.8. The van der Waals surface area contributed by atoms with Crippen LogP contribution < -0.4 is 5.32 Å². The van der Waals surface area contributed by atoms with Crippen LogP contribution in [0, 0.1) is 0 Å². The van der Waals surface area contributed by atoms with Crippen LogP contribution in [0.5, 0.6) is 0 Å². The van der Waals surface area contributed by atoms with Crippen molar-refractivity contribution >= 4 is 51.3 Å². The van der Waals surface area contributed by atoms with Gasteiger partial charge in [-0.15, -0.1) is 11.3 Å². The summed E-state index contributed by atoms with van der Waals surface area (Å²) in [5.74, 6) is -1.32. The number of rotatable bonds is 3. The van der Waals surface area contributed by atoms with Crippen molar-refractivity contribution in [2.75, 3.05) is 5.32 Å². The summed E-state index contributed by atoms with van der Waals surface area (Å²) < 4.78 is 0. The number of carbonyl (C=O) groups is 1. The molecule has 1 aromatic heterocycles. The number of anilines is 2. The zero-order valence-corrected chi connectivity index (χ0v) is 13.2. The van der Waals surface area contributed by atoms with E-state index in [1.54, 1.807) is 18.2 Å². The summed E-state index contributed by atoms with van der Waals surface area (Å²) in [7, 11) is 0. The summed E-state index contributed by atoms with van der Waals surface area (Å²) in [6.45, 7) is 0. The standard InChI is InChI=1S/C14H12Cl2N2O2S/c15-7-4-5-9(16)10(6-7)17-14-18-12-8(13(19)20)2-1-3-11(12)21-14/h4-6,8H,1-3H2,(H,17,18)(H,19,20). The lowest BCUT2D eigenvalue weighted by atomic mass is 9.91. The molecule has 0 bridgehead atoms. The minimum absolute atomic E-state index is 0.504. The number of nitrogens with one attached hydrogen (secondary N) is 1. The molecule has 0 saturated carbocycles. The van der Waals surface area contributed by atoms with E-state index in [1.807, 2.05) is 0 Å². The molecule has 0 amide bonds. The van der Waals surface area contributed by atoms with Crippen LogP contribution in [-0.4, -0.2) is 16.1 Å². The average Bonchev–Trinajstić information content (AvgIpc) is 2.84. The van der Waals surface area contributed by atoms with Crippen molar-refractivity contribution < 1.29 is 9.90 Å². The van der Waals surface area contributed by atoms with Crippen molar-refractivity contribution in [2.45, 2.75) is 25.2 Å². The van der Waals surface area contributed by atoms with Gasteiger partial charge in [-0.3, -0.25) is 4.79 Å². The first-order valence-corrected chi connectivity index (χ1v) is 8.06. The third-order valence-corrected chi connectivity index (χ3v) is 5.03. The summed E-state index contributed by atoms with van der Waals surface area (Å²) in [6.07, 6.45) is 2.40.